The number of Topliss-reactive ketones (excluding diaryl/α,β-unsaturated/α-hetero) is 1. The van der Waals surface area contributed by atoms with Crippen LogP contribution in [0.3, 0.4) is 0 Å². The van der Waals surface area contributed by atoms with Gasteiger partial charge in [-0.2, -0.15) is 0 Å². The summed E-state index contributed by atoms with van der Waals surface area (Å²) in [6, 6.07) is 7.32. The van der Waals surface area contributed by atoms with Crippen LogP contribution in [0.2, 0.25) is 0 Å². The van der Waals surface area contributed by atoms with E-state index in [9.17, 15) is 24.0 Å². The molecule has 3 aromatic heterocycles. The number of piperidine rings is 2. The molecule has 3 N–H and O–H groups in total. The Morgan fingerprint density at radius 3 is 2.55 bits per heavy atom. The number of carbonyl (C=O) groups is 5. The minimum Gasteiger partial charge on any atom is -0.488 e. The van der Waals surface area contributed by atoms with Crippen molar-refractivity contribution in [1.29, 1.82) is 0 Å². The van der Waals surface area contributed by atoms with Crippen LogP contribution < -0.4 is 20.7 Å². The Balaban J connectivity index is 0.713. The molecule has 7 rings (SSSR count). The minimum atomic E-state index is -0.627. The van der Waals surface area contributed by atoms with Crippen molar-refractivity contribution in [2.45, 2.75) is 116 Å². The number of amides is 4. The second kappa shape index (κ2) is 19.7. The van der Waals surface area contributed by atoms with Gasteiger partial charge in [-0.15, -0.1) is 22.7 Å². The zero-order chi connectivity index (χ0) is 42.2. The van der Waals surface area contributed by atoms with E-state index in [1.807, 2.05) is 35.8 Å². The molecule has 3 aliphatic heterocycles. The summed E-state index contributed by atoms with van der Waals surface area (Å²) in [5.41, 5.74) is 2.57. The van der Waals surface area contributed by atoms with Gasteiger partial charge in [-0.05, 0) is 75.9 Å². The predicted molar refractivity (Wildman–Crippen MR) is 229 cm³/mol. The number of thiazole rings is 1. The van der Waals surface area contributed by atoms with Crippen LogP contribution >= 0.6 is 22.7 Å². The lowest BCUT2D eigenvalue weighted by Gasteiger charge is -2.30. The quantitative estimate of drug-likeness (QED) is 0.0725. The van der Waals surface area contributed by atoms with Gasteiger partial charge in [-0.3, -0.25) is 34.2 Å². The van der Waals surface area contributed by atoms with Crippen LogP contribution in [0, 0.1) is 5.92 Å². The van der Waals surface area contributed by atoms with E-state index in [1.165, 1.54) is 22.7 Å². The molecule has 0 spiro atoms. The van der Waals surface area contributed by atoms with Gasteiger partial charge < -0.3 is 24.7 Å². The normalized spacial score (nSPS) is 17.6. The van der Waals surface area contributed by atoms with E-state index in [0.29, 0.717) is 55.5 Å². The fourth-order valence-corrected chi connectivity index (χ4v) is 9.49. The van der Waals surface area contributed by atoms with Gasteiger partial charge in [0.15, 0.2) is 11.0 Å². The van der Waals surface area contributed by atoms with Crippen molar-refractivity contribution in [2.24, 2.45) is 5.92 Å². The van der Waals surface area contributed by atoms with Crippen molar-refractivity contribution in [3.05, 3.63) is 80.1 Å². The number of fused-ring (bicyclic) bond motifs is 1. The number of anilines is 1. The topological polar surface area (TPSA) is 176 Å². The number of likely N-dealkylation sites (tertiary alicyclic amines) is 1. The van der Waals surface area contributed by atoms with E-state index in [2.05, 4.69) is 51.6 Å². The molecule has 0 unspecified atom stereocenters. The minimum absolute atomic E-state index is 0.000832. The molecule has 1 atom stereocenters. The summed E-state index contributed by atoms with van der Waals surface area (Å²) >= 11 is 2.97. The van der Waals surface area contributed by atoms with Crippen LogP contribution in [-0.2, 0) is 57.1 Å². The van der Waals surface area contributed by atoms with Gasteiger partial charge >= 0.3 is 0 Å². The van der Waals surface area contributed by atoms with Gasteiger partial charge in [0.25, 0.3) is 5.91 Å². The van der Waals surface area contributed by atoms with Crippen molar-refractivity contribution in [3.63, 3.8) is 0 Å². The van der Waals surface area contributed by atoms with Crippen LogP contribution in [-0.4, -0.2) is 81.4 Å². The first-order valence-electron chi connectivity index (χ1n) is 21.0. The zero-order valence-electron chi connectivity index (χ0n) is 34.7. The number of carbonyl (C=O) groups excluding carboxylic acids is 5. The molecule has 4 aromatic rings. The Kier molecular flexibility index (Phi) is 14.3. The predicted octanol–water partition coefficient (Wildman–Crippen LogP) is 6.19. The van der Waals surface area contributed by atoms with Crippen LogP contribution in [0.4, 0.5) is 5.13 Å². The van der Waals surface area contributed by atoms with Crippen LogP contribution in [0.1, 0.15) is 115 Å². The molecule has 1 aromatic carbocycles. The maximum absolute atomic E-state index is 13.0. The molecule has 2 fully saturated rings. The van der Waals surface area contributed by atoms with Gasteiger partial charge in [0.2, 0.25) is 17.7 Å². The summed E-state index contributed by atoms with van der Waals surface area (Å²) < 4.78 is 12.0. The molecular formula is C44H55N7O7S2. The standard InChI is InChI=1S/C44H55N7O7S2/c1-44(2,3)37-23-46-39(58-37)15-12-32-22-47-43(60-32)49-40(54)29-16-19-50(20-17-29)24-30(52)7-5-4-6-18-45-21-28-8-10-31(11-9-28)57-26-36-33-25-51(42(56)34(33)27-59-36)35-13-14-38(53)48-41(35)55/h8-11,22-23,27,29,35,45H,4-7,12-21,24-26H2,1-3H3,(H,47,49,54)(H,48,53,55)/t35-/m0/s1. The van der Waals surface area contributed by atoms with Gasteiger partial charge in [0, 0.05) is 70.6 Å². The number of aromatic nitrogens is 2. The van der Waals surface area contributed by atoms with Crippen LogP contribution in [0.5, 0.6) is 5.75 Å². The highest BCUT2D eigenvalue weighted by Gasteiger charge is 2.40. The molecule has 60 heavy (non-hydrogen) atoms. The summed E-state index contributed by atoms with van der Waals surface area (Å²) in [4.78, 5) is 77.2. The molecule has 320 valence electrons. The number of rotatable bonds is 19. The molecule has 6 heterocycles. The Morgan fingerprint density at radius 1 is 1.00 bits per heavy atom. The average molecular weight is 858 g/mol. The summed E-state index contributed by atoms with van der Waals surface area (Å²) in [7, 11) is 0. The summed E-state index contributed by atoms with van der Waals surface area (Å²) in [5.74, 6) is 1.61. The van der Waals surface area contributed by atoms with E-state index in [1.54, 1.807) is 11.1 Å². The maximum Gasteiger partial charge on any atom is 0.256 e. The molecule has 4 amide bonds. The molecule has 0 aliphatic carbocycles. The second-order valence-electron chi connectivity index (χ2n) is 16.9. The molecular weight excluding hydrogens is 803 g/mol. The van der Waals surface area contributed by atoms with E-state index in [0.717, 1.165) is 97.1 Å². The number of oxazole rings is 1. The average Bonchev–Trinajstić information content (AvgIpc) is 4.03. The Labute approximate surface area is 358 Å². The highest BCUT2D eigenvalue weighted by Crippen LogP contribution is 2.34. The first-order chi connectivity index (χ1) is 28.9. The van der Waals surface area contributed by atoms with E-state index in [-0.39, 0.29) is 41.3 Å². The van der Waals surface area contributed by atoms with E-state index in [4.69, 9.17) is 9.15 Å². The lowest BCUT2D eigenvalue weighted by atomic mass is 9.94. The molecule has 14 nitrogen and oxygen atoms in total. The third kappa shape index (κ3) is 11.3. The van der Waals surface area contributed by atoms with Gasteiger partial charge in [0.05, 0.1) is 18.3 Å². The van der Waals surface area contributed by atoms with Crippen LogP contribution in [0.15, 0.2) is 46.5 Å². The lowest BCUT2D eigenvalue weighted by Crippen LogP contribution is -2.52. The van der Waals surface area contributed by atoms with E-state index >= 15 is 0 Å². The number of aryl methyl sites for hydroxylation is 2. The number of nitrogens with zero attached hydrogens (tertiary/aromatic N) is 4. The smallest absolute Gasteiger partial charge is 0.256 e. The van der Waals surface area contributed by atoms with Crippen molar-refractivity contribution in [3.8, 4) is 5.75 Å². The van der Waals surface area contributed by atoms with Crippen molar-refractivity contribution < 1.29 is 33.1 Å². The molecule has 16 heteroatoms. The number of imide groups is 1. The number of ketones is 1. The fourth-order valence-electron chi connectivity index (χ4n) is 7.73. The molecule has 0 radical (unpaired) electrons. The SMILES string of the molecule is CC(C)(C)c1cnc(CCc2cnc(NC(=O)C3CCN(CC(=O)CCCCCNCc4ccc(OCc5scc6c5CN([C@H]5CCC(=O)NC5=O)C6=O)cc4)CC3)s2)o1. The Bertz CT molecular complexity index is 2150. The highest BCUT2D eigenvalue weighted by molar-refractivity contribution is 7.15. The van der Waals surface area contributed by atoms with Gasteiger partial charge in [0.1, 0.15) is 29.9 Å². The molecule has 2 saturated heterocycles. The number of unbranched alkanes of at least 4 members (excludes halogenated alkanes) is 2. The number of hydrogen-bond donors (Lipinski definition) is 3. The summed E-state index contributed by atoms with van der Waals surface area (Å²) in [6.07, 6.45) is 10.5. The highest BCUT2D eigenvalue weighted by atomic mass is 32.1. The Hall–Kier alpha value is -4.77. The molecule has 0 bridgehead atoms. The largest absolute Gasteiger partial charge is 0.488 e. The van der Waals surface area contributed by atoms with Crippen molar-refractivity contribution in [2.75, 3.05) is 31.5 Å². The zero-order valence-corrected chi connectivity index (χ0v) is 36.3. The van der Waals surface area contributed by atoms with Crippen molar-refractivity contribution >= 4 is 57.2 Å². The van der Waals surface area contributed by atoms with E-state index < -0.39 is 11.9 Å². The monoisotopic (exact) mass is 857 g/mol. The first-order valence-corrected chi connectivity index (χ1v) is 22.7. The lowest BCUT2D eigenvalue weighted by molar-refractivity contribution is -0.137. The third-order valence-corrected chi connectivity index (χ3v) is 13.3. The number of ether oxygens (including phenoxy) is 1. The first kappa shape index (κ1) is 43.3. The third-order valence-electron chi connectivity index (χ3n) is 11.3. The second-order valence-corrected chi connectivity index (χ2v) is 19.0. The van der Waals surface area contributed by atoms with Gasteiger partial charge in [-0.25, -0.2) is 9.97 Å². The molecule has 3 aliphatic rings. The molecule has 0 saturated carbocycles. The van der Waals surface area contributed by atoms with Crippen molar-refractivity contribution in [1.82, 2.24) is 30.4 Å². The summed E-state index contributed by atoms with van der Waals surface area (Å²) in [6.45, 7) is 10.5. The number of nitrogens with one attached hydrogen (secondary N) is 3. The number of benzene rings is 1. The number of thiophene rings is 1. The Morgan fingerprint density at radius 2 is 1.80 bits per heavy atom. The maximum atomic E-state index is 13.0. The summed E-state index contributed by atoms with van der Waals surface area (Å²) in [5, 5.41) is 11.3. The fraction of sp³-hybridized carbons (Fsp3) is 0.523. The number of hydrogen-bond acceptors (Lipinski definition) is 13. The van der Waals surface area contributed by atoms with Gasteiger partial charge in [-0.1, -0.05) is 39.3 Å². The van der Waals surface area contributed by atoms with Crippen LogP contribution in [0.25, 0.3) is 0 Å².